The summed E-state index contributed by atoms with van der Waals surface area (Å²) in [4.78, 5) is 18.1. The zero-order valence-corrected chi connectivity index (χ0v) is 10.3. The van der Waals surface area contributed by atoms with Crippen LogP contribution < -0.4 is 5.73 Å². The molecule has 8 nitrogen and oxygen atoms in total. The third-order valence-electron chi connectivity index (χ3n) is 2.30. The highest BCUT2D eigenvalue weighted by molar-refractivity contribution is 6.31. The second-order valence-electron chi connectivity index (χ2n) is 3.60. The van der Waals surface area contributed by atoms with Gasteiger partial charge in [-0.25, -0.2) is 9.67 Å². The normalized spacial score (nSPS) is 10.6. The summed E-state index contributed by atoms with van der Waals surface area (Å²) in [7, 11) is 0. The Bertz CT molecular complexity index is 619. The summed E-state index contributed by atoms with van der Waals surface area (Å²) in [6.45, 7) is 3.17. The molecule has 0 radical (unpaired) electrons. The molecule has 0 aromatic carbocycles. The molecule has 0 aliphatic heterocycles. The van der Waals surface area contributed by atoms with Gasteiger partial charge in [0.05, 0.1) is 21.8 Å². The Balaban J connectivity index is 2.73. The quantitative estimate of drug-likeness (QED) is 0.651. The summed E-state index contributed by atoms with van der Waals surface area (Å²) < 4.78 is 1.22. The van der Waals surface area contributed by atoms with Crippen molar-refractivity contribution in [3.8, 4) is 5.82 Å². The standard InChI is InChI=1S/C9H9ClN6O2/c1-4-6(10)3-15(14-4)8-7(16(17)18)5(2)12-9(11)13-8/h3H,1-2H3,(H2,11,12,13). The van der Waals surface area contributed by atoms with E-state index in [1.807, 2.05) is 0 Å². The van der Waals surface area contributed by atoms with Crippen LogP contribution in [0.2, 0.25) is 5.02 Å². The SMILES string of the molecule is Cc1nn(-c2nc(N)nc(C)c2[N+](=O)[O-])cc1Cl. The molecule has 2 aromatic heterocycles. The van der Waals surface area contributed by atoms with Crippen molar-refractivity contribution in [2.75, 3.05) is 5.73 Å². The summed E-state index contributed by atoms with van der Waals surface area (Å²) in [5.41, 5.74) is 5.96. The lowest BCUT2D eigenvalue weighted by Crippen LogP contribution is -2.09. The zero-order chi connectivity index (χ0) is 13.4. The van der Waals surface area contributed by atoms with Crippen molar-refractivity contribution in [3.63, 3.8) is 0 Å². The van der Waals surface area contributed by atoms with Crippen LogP contribution in [0.3, 0.4) is 0 Å². The molecule has 0 atom stereocenters. The Morgan fingerprint density at radius 1 is 1.39 bits per heavy atom. The van der Waals surface area contributed by atoms with E-state index in [9.17, 15) is 10.1 Å². The van der Waals surface area contributed by atoms with Crippen molar-refractivity contribution in [2.45, 2.75) is 13.8 Å². The van der Waals surface area contributed by atoms with Gasteiger partial charge in [0.1, 0.15) is 5.69 Å². The third-order valence-corrected chi connectivity index (χ3v) is 2.67. The monoisotopic (exact) mass is 268 g/mol. The van der Waals surface area contributed by atoms with E-state index in [1.54, 1.807) is 6.92 Å². The molecular weight excluding hydrogens is 260 g/mol. The lowest BCUT2D eigenvalue weighted by Gasteiger charge is -2.04. The van der Waals surface area contributed by atoms with Crippen LogP contribution in [0.25, 0.3) is 5.82 Å². The van der Waals surface area contributed by atoms with Crippen molar-refractivity contribution in [1.82, 2.24) is 19.7 Å². The molecule has 0 bridgehead atoms. The Labute approximate surface area is 107 Å². The molecule has 0 spiro atoms. The van der Waals surface area contributed by atoms with Crippen LogP contribution in [0.15, 0.2) is 6.20 Å². The fourth-order valence-corrected chi connectivity index (χ4v) is 1.62. The first-order chi connectivity index (χ1) is 8.40. The number of halogens is 1. The highest BCUT2D eigenvalue weighted by Gasteiger charge is 2.24. The predicted molar refractivity (Wildman–Crippen MR) is 64.7 cm³/mol. The van der Waals surface area contributed by atoms with Crippen LogP contribution in [-0.4, -0.2) is 24.7 Å². The van der Waals surface area contributed by atoms with Crippen molar-refractivity contribution >= 4 is 23.2 Å². The van der Waals surface area contributed by atoms with E-state index in [0.29, 0.717) is 10.7 Å². The predicted octanol–water partition coefficient (Wildman–Crippen LogP) is 1.42. The molecule has 0 unspecified atom stereocenters. The van der Waals surface area contributed by atoms with E-state index in [0.717, 1.165) is 0 Å². The number of anilines is 1. The maximum Gasteiger partial charge on any atom is 0.334 e. The molecule has 0 fully saturated rings. The zero-order valence-electron chi connectivity index (χ0n) is 9.59. The van der Waals surface area contributed by atoms with E-state index in [2.05, 4.69) is 15.1 Å². The fraction of sp³-hybridized carbons (Fsp3) is 0.222. The molecule has 0 saturated carbocycles. The number of nitrogen functional groups attached to an aromatic ring is 1. The Kier molecular flexibility index (Phi) is 2.87. The number of aryl methyl sites for hydroxylation is 2. The molecule has 2 aromatic rings. The lowest BCUT2D eigenvalue weighted by molar-refractivity contribution is -0.385. The molecule has 18 heavy (non-hydrogen) atoms. The lowest BCUT2D eigenvalue weighted by atomic mass is 10.3. The van der Waals surface area contributed by atoms with Crippen LogP contribution in [0.1, 0.15) is 11.4 Å². The van der Waals surface area contributed by atoms with Gasteiger partial charge >= 0.3 is 5.69 Å². The molecule has 94 valence electrons. The van der Waals surface area contributed by atoms with Gasteiger partial charge in [-0.3, -0.25) is 10.1 Å². The van der Waals surface area contributed by atoms with E-state index in [1.165, 1.54) is 17.8 Å². The topological polar surface area (TPSA) is 113 Å². The minimum Gasteiger partial charge on any atom is -0.368 e. The number of aromatic nitrogens is 4. The average Bonchev–Trinajstić information content (AvgIpc) is 2.57. The minimum absolute atomic E-state index is 0.000000000000000444. The highest BCUT2D eigenvalue weighted by Crippen LogP contribution is 2.25. The van der Waals surface area contributed by atoms with Gasteiger partial charge in [-0.1, -0.05) is 11.6 Å². The van der Waals surface area contributed by atoms with Gasteiger partial charge in [-0.05, 0) is 13.8 Å². The van der Waals surface area contributed by atoms with Crippen molar-refractivity contribution < 1.29 is 4.92 Å². The van der Waals surface area contributed by atoms with Crippen LogP contribution in [0.5, 0.6) is 0 Å². The number of nitro groups is 1. The molecule has 2 N–H and O–H groups in total. The molecule has 2 heterocycles. The van der Waals surface area contributed by atoms with Gasteiger partial charge in [0, 0.05) is 0 Å². The third kappa shape index (κ3) is 1.97. The largest absolute Gasteiger partial charge is 0.368 e. The summed E-state index contributed by atoms with van der Waals surface area (Å²) in [6.07, 6.45) is 1.44. The van der Waals surface area contributed by atoms with E-state index in [4.69, 9.17) is 17.3 Å². The summed E-state index contributed by atoms with van der Waals surface area (Å²) >= 11 is 5.86. The number of hydrogen-bond donors (Lipinski definition) is 1. The van der Waals surface area contributed by atoms with Crippen LogP contribution in [-0.2, 0) is 0 Å². The smallest absolute Gasteiger partial charge is 0.334 e. The average molecular weight is 269 g/mol. The van der Waals surface area contributed by atoms with E-state index in [-0.39, 0.29) is 23.1 Å². The molecule has 2 rings (SSSR count). The van der Waals surface area contributed by atoms with Crippen LogP contribution >= 0.6 is 11.6 Å². The van der Waals surface area contributed by atoms with Gasteiger partial charge in [0.25, 0.3) is 0 Å². The first-order valence-corrected chi connectivity index (χ1v) is 5.28. The maximum atomic E-state index is 11.0. The van der Waals surface area contributed by atoms with Gasteiger partial charge in [-0.15, -0.1) is 0 Å². The van der Waals surface area contributed by atoms with Crippen molar-refractivity contribution in [1.29, 1.82) is 0 Å². The van der Waals surface area contributed by atoms with Gasteiger partial charge in [0.15, 0.2) is 0 Å². The molecule has 9 heteroatoms. The van der Waals surface area contributed by atoms with Gasteiger partial charge in [0.2, 0.25) is 11.8 Å². The fourth-order valence-electron chi connectivity index (χ4n) is 1.49. The number of rotatable bonds is 2. The first-order valence-electron chi connectivity index (χ1n) is 4.90. The summed E-state index contributed by atoms with van der Waals surface area (Å²) in [5, 5.41) is 15.5. The van der Waals surface area contributed by atoms with E-state index >= 15 is 0 Å². The van der Waals surface area contributed by atoms with Crippen LogP contribution in [0.4, 0.5) is 11.6 Å². The maximum absolute atomic E-state index is 11.0. The Morgan fingerprint density at radius 2 is 2.06 bits per heavy atom. The first kappa shape index (κ1) is 12.2. The Morgan fingerprint density at radius 3 is 2.56 bits per heavy atom. The number of hydrogen-bond acceptors (Lipinski definition) is 6. The number of nitrogens with zero attached hydrogens (tertiary/aromatic N) is 5. The second kappa shape index (κ2) is 4.22. The highest BCUT2D eigenvalue weighted by atomic mass is 35.5. The van der Waals surface area contributed by atoms with Crippen LogP contribution in [0, 0.1) is 24.0 Å². The van der Waals surface area contributed by atoms with Gasteiger partial charge in [-0.2, -0.15) is 10.1 Å². The number of nitrogens with two attached hydrogens (primary N) is 1. The molecule has 0 aliphatic carbocycles. The van der Waals surface area contributed by atoms with Crippen molar-refractivity contribution in [2.24, 2.45) is 0 Å². The molecular formula is C9H9ClN6O2. The van der Waals surface area contributed by atoms with E-state index < -0.39 is 4.92 Å². The Hall–Kier alpha value is -2.22. The van der Waals surface area contributed by atoms with Gasteiger partial charge < -0.3 is 5.73 Å². The van der Waals surface area contributed by atoms with Crippen molar-refractivity contribution in [3.05, 3.63) is 32.7 Å². The molecule has 0 aliphatic rings. The second-order valence-corrected chi connectivity index (χ2v) is 4.01. The summed E-state index contributed by atoms with van der Waals surface area (Å²) in [5.74, 6) is -0.0580. The summed E-state index contributed by atoms with van der Waals surface area (Å²) in [6, 6.07) is 0. The minimum atomic E-state index is -0.574. The molecule has 0 amide bonds. The molecule has 0 saturated heterocycles.